The zero-order valence-corrected chi connectivity index (χ0v) is 10.3. The zero-order chi connectivity index (χ0) is 11.7. The molecule has 0 spiro atoms. The molecule has 0 saturated heterocycles. The average Bonchev–Trinajstić information content (AvgIpc) is 2.54. The van der Waals surface area contributed by atoms with E-state index in [4.69, 9.17) is 12.2 Å². The first-order chi connectivity index (χ1) is 7.61. The molecule has 4 heteroatoms. The van der Waals surface area contributed by atoms with Crippen LogP contribution in [-0.2, 0) is 6.54 Å². The maximum absolute atomic E-state index is 13.0. The quantitative estimate of drug-likeness (QED) is 0.805. The summed E-state index contributed by atoms with van der Waals surface area (Å²) in [4.78, 5) is 3.04. The Morgan fingerprint density at radius 1 is 1.50 bits per heavy atom. The summed E-state index contributed by atoms with van der Waals surface area (Å²) in [6.07, 6.45) is 1.11. The number of H-pyrrole nitrogens is 1. The van der Waals surface area contributed by atoms with Gasteiger partial charge in [0, 0.05) is 6.54 Å². The van der Waals surface area contributed by atoms with Crippen molar-refractivity contribution in [3.05, 3.63) is 28.8 Å². The van der Waals surface area contributed by atoms with Gasteiger partial charge < -0.3 is 9.55 Å². The highest BCUT2D eigenvalue weighted by atomic mass is 32.1. The minimum Gasteiger partial charge on any atom is -0.330 e. The zero-order valence-electron chi connectivity index (χ0n) is 9.46. The van der Waals surface area contributed by atoms with Crippen LogP contribution >= 0.6 is 12.2 Å². The molecule has 86 valence electrons. The third kappa shape index (κ3) is 2.02. The van der Waals surface area contributed by atoms with Gasteiger partial charge >= 0.3 is 0 Å². The fourth-order valence-electron chi connectivity index (χ4n) is 1.76. The standard InChI is InChI=1S/C12H15FN2S/c1-3-8(2)7-15-11-5-4-9(13)6-10(11)14-12(15)16/h4-6,8H,3,7H2,1-2H3,(H,14,16). The van der Waals surface area contributed by atoms with E-state index in [1.807, 2.05) is 4.57 Å². The van der Waals surface area contributed by atoms with Gasteiger partial charge in [0.05, 0.1) is 11.0 Å². The third-order valence-electron chi connectivity index (χ3n) is 2.93. The van der Waals surface area contributed by atoms with Gasteiger partial charge in [0.25, 0.3) is 0 Å². The predicted molar refractivity (Wildman–Crippen MR) is 66.5 cm³/mol. The molecule has 2 rings (SSSR count). The largest absolute Gasteiger partial charge is 0.330 e. The van der Waals surface area contributed by atoms with Crippen LogP contribution in [0, 0.1) is 16.5 Å². The van der Waals surface area contributed by atoms with E-state index in [1.165, 1.54) is 12.1 Å². The van der Waals surface area contributed by atoms with Crippen molar-refractivity contribution in [3.8, 4) is 0 Å². The van der Waals surface area contributed by atoms with E-state index < -0.39 is 0 Å². The lowest BCUT2D eigenvalue weighted by Crippen LogP contribution is -2.06. The summed E-state index contributed by atoms with van der Waals surface area (Å²) in [5.74, 6) is 0.329. The van der Waals surface area contributed by atoms with Gasteiger partial charge in [-0.3, -0.25) is 0 Å². The number of benzene rings is 1. The SMILES string of the molecule is CCC(C)Cn1c(=S)[nH]c2cc(F)ccc21. The molecule has 0 amide bonds. The summed E-state index contributed by atoms with van der Waals surface area (Å²) in [7, 11) is 0. The molecule has 2 aromatic rings. The van der Waals surface area contributed by atoms with Gasteiger partial charge in [-0.25, -0.2) is 4.39 Å². The number of halogens is 1. The molecule has 0 saturated carbocycles. The fraction of sp³-hybridized carbons (Fsp3) is 0.417. The minimum absolute atomic E-state index is 0.237. The van der Waals surface area contributed by atoms with E-state index in [9.17, 15) is 4.39 Å². The van der Waals surface area contributed by atoms with E-state index in [2.05, 4.69) is 18.8 Å². The number of aromatic nitrogens is 2. The molecular formula is C12H15FN2S. The summed E-state index contributed by atoms with van der Waals surface area (Å²) < 4.78 is 15.8. The first-order valence-corrected chi connectivity index (χ1v) is 5.90. The van der Waals surface area contributed by atoms with Crippen LogP contribution in [0.4, 0.5) is 4.39 Å². The number of rotatable bonds is 3. The van der Waals surface area contributed by atoms with Crippen molar-refractivity contribution in [2.75, 3.05) is 0 Å². The van der Waals surface area contributed by atoms with Crippen LogP contribution in [0.15, 0.2) is 18.2 Å². The Morgan fingerprint density at radius 3 is 2.94 bits per heavy atom. The van der Waals surface area contributed by atoms with Crippen LogP contribution in [0.3, 0.4) is 0 Å². The highest BCUT2D eigenvalue weighted by molar-refractivity contribution is 7.71. The number of hydrogen-bond donors (Lipinski definition) is 1. The van der Waals surface area contributed by atoms with Crippen molar-refractivity contribution >= 4 is 23.3 Å². The number of nitrogens with one attached hydrogen (secondary N) is 1. The number of imidazole rings is 1. The van der Waals surface area contributed by atoms with Crippen molar-refractivity contribution < 1.29 is 4.39 Å². The van der Waals surface area contributed by atoms with E-state index in [-0.39, 0.29) is 5.82 Å². The predicted octanol–water partition coefficient (Wildman–Crippen LogP) is 3.88. The van der Waals surface area contributed by atoms with Gasteiger partial charge in [-0.2, -0.15) is 0 Å². The lowest BCUT2D eigenvalue weighted by Gasteiger charge is -2.10. The van der Waals surface area contributed by atoms with Gasteiger partial charge in [-0.15, -0.1) is 0 Å². The summed E-state index contributed by atoms with van der Waals surface area (Å²) >= 11 is 5.25. The molecule has 1 aromatic heterocycles. The summed E-state index contributed by atoms with van der Waals surface area (Å²) in [6, 6.07) is 4.73. The van der Waals surface area contributed by atoms with E-state index in [0.717, 1.165) is 24.0 Å². The second-order valence-corrected chi connectivity index (χ2v) is 4.60. The topological polar surface area (TPSA) is 20.7 Å². The molecule has 0 aliphatic heterocycles. The van der Waals surface area contributed by atoms with Crippen molar-refractivity contribution in [2.24, 2.45) is 5.92 Å². The van der Waals surface area contributed by atoms with Gasteiger partial charge in [0.1, 0.15) is 5.82 Å². The molecule has 0 aliphatic rings. The van der Waals surface area contributed by atoms with E-state index >= 15 is 0 Å². The normalized spacial score (nSPS) is 13.2. The Labute approximate surface area is 99.1 Å². The number of aromatic amines is 1. The van der Waals surface area contributed by atoms with Crippen molar-refractivity contribution in [2.45, 2.75) is 26.8 Å². The summed E-state index contributed by atoms with van der Waals surface area (Å²) in [6.45, 7) is 5.22. The lowest BCUT2D eigenvalue weighted by molar-refractivity contribution is 0.473. The molecule has 0 aliphatic carbocycles. The maximum atomic E-state index is 13.0. The smallest absolute Gasteiger partial charge is 0.178 e. The van der Waals surface area contributed by atoms with Crippen LogP contribution in [0.2, 0.25) is 0 Å². The van der Waals surface area contributed by atoms with Crippen molar-refractivity contribution in [1.82, 2.24) is 9.55 Å². The molecule has 1 heterocycles. The van der Waals surface area contributed by atoms with Gasteiger partial charge in [-0.1, -0.05) is 20.3 Å². The molecule has 1 N–H and O–H groups in total. The third-order valence-corrected chi connectivity index (χ3v) is 3.25. The Morgan fingerprint density at radius 2 is 2.25 bits per heavy atom. The average molecular weight is 238 g/mol. The second kappa shape index (κ2) is 4.37. The molecule has 1 atom stereocenters. The monoisotopic (exact) mass is 238 g/mol. The molecule has 0 bridgehead atoms. The molecular weight excluding hydrogens is 223 g/mol. The Hall–Kier alpha value is -1.16. The summed E-state index contributed by atoms with van der Waals surface area (Å²) in [5, 5.41) is 0. The van der Waals surface area contributed by atoms with E-state index in [1.54, 1.807) is 6.07 Å². The molecule has 1 aromatic carbocycles. The number of hydrogen-bond acceptors (Lipinski definition) is 1. The second-order valence-electron chi connectivity index (χ2n) is 4.22. The Bertz CT molecular complexity index is 556. The van der Waals surface area contributed by atoms with Crippen LogP contribution < -0.4 is 0 Å². The lowest BCUT2D eigenvalue weighted by atomic mass is 10.1. The molecule has 16 heavy (non-hydrogen) atoms. The fourth-order valence-corrected chi connectivity index (χ4v) is 2.04. The molecule has 0 radical (unpaired) electrons. The van der Waals surface area contributed by atoms with Crippen molar-refractivity contribution in [1.29, 1.82) is 0 Å². The van der Waals surface area contributed by atoms with Crippen molar-refractivity contribution in [3.63, 3.8) is 0 Å². The van der Waals surface area contributed by atoms with Crippen LogP contribution in [0.25, 0.3) is 11.0 Å². The van der Waals surface area contributed by atoms with Crippen LogP contribution in [-0.4, -0.2) is 9.55 Å². The van der Waals surface area contributed by atoms with E-state index in [0.29, 0.717) is 10.7 Å². The van der Waals surface area contributed by atoms with Crippen LogP contribution in [0.5, 0.6) is 0 Å². The highest BCUT2D eigenvalue weighted by Gasteiger charge is 2.07. The first kappa shape index (κ1) is 11.3. The Kier molecular flexibility index (Phi) is 3.10. The number of nitrogens with zero attached hydrogens (tertiary/aromatic N) is 1. The van der Waals surface area contributed by atoms with Gasteiger partial charge in [-0.05, 0) is 36.3 Å². The van der Waals surface area contributed by atoms with Crippen LogP contribution in [0.1, 0.15) is 20.3 Å². The van der Waals surface area contributed by atoms with Gasteiger partial charge in [0.15, 0.2) is 4.77 Å². The Balaban J connectivity index is 2.52. The molecule has 2 nitrogen and oxygen atoms in total. The summed E-state index contributed by atoms with van der Waals surface area (Å²) in [5.41, 5.74) is 1.75. The molecule has 0 fully saturated rings. The molecule has 1 unspecified atom stereocenters. The van der Waals surface area contributed by atoms with Gasteiger partial charge in [0.2, 0.25) is 0 Å². The minimum atomic E-state index is -0.237. The maximum Gasteiger partial charge on any atom is 0.178 e. The highest BCUT2D eigenvalue weighted by Crippen LogP contribution is 2.17. The first-order valence-electron chi connectivity index (χ1n) is 5.50. The number of fused-ring (bicyclic) bond motifs is 1.